The van der Waals surface area contributed by atoms with Gasteiger partial charge in [-0.25, -0.2) is 0 Å². The zero-order valence-corrected chi connectivity index (χ0v) is 11.7. The van der Waals surface area contributed by atoms with Crippen LogP contribution >= 0.6 is 15.9 Å². The van der Waals surface area contributed by atoms with Crippen LogP contribution in [-0.4, -0.2) is 0 Å². The van der Waals surface area contributed by atoms with Crippen molar-refractivity contribution < 1.29 is 0 Å². The van der Waals surface area contributed by atoms with Gasteiger partial charge in [-0.1, -0.05) is 66.2 Å². The van der Waals surface area contributed by atoms with Gasteiger partial charge < -0.3 is 0 Å². The summed E-state index contributed by atoms with van der Waals surface area (Å²) in [4.78, 5) is 0. The Morgan fingerprint density at radius 3 is 2.76 bits per heavy atom. The van der Waals surface area contributed by atoms with E-state index in [1.165, 1.54) is 26.8 Å². The van der Waals surface area contributed by atoms with Crippen molar-refractivity contribution in [3.63, 3.8) is 0 Å². The number of hydrogen-bond donors (Lipinski definition) is 0. The quantitative estimate of drug-likeness (QED) is 0.632. The summed E-state index contributed by atoms with van der Waals surface area (Å²) in [6.45, 7) is 4.63. The molecule has 2 aliphatic carbocycles. The van der Waals surface area contributed by atoms with E-state index in [4.69, 9.17) is 0 Å². The Hall–Kier alpha value is -1.08. The molecular formula is C16H15Br. The predicted molar refractivity (Wildman–Crippen MR) is 77.2 cm³/mol. The molecule has 0 aromatic heterocycles. The maximum absolute atomic E-state index is 3.61. The van der Waals surface area contributed by atoms with Crippen molar-refractivity contribution in [3.05, 3.63) is 63.7 Å². The van der Waals surface area contributed by atoms with Crippen LogP contribution in [0.5, 0.6) is 0 Å². The van der Waals surface area contributed by atoms with Crippen LogP contribution < -0.4 is 0 Å². The first-order valence-electron chi connectivity index (χ1n) is 5.98. The van der Waals surface area contributed by atoms with Gasteiger partial charge in [0.25, 0.3) is 0 Å². The molecule has 0 N–H and O–H groups in total. The number of hydrogen-bond acceptors (Lipinski definition) is 0. The first kappa shape index (κ1) is 11.0. The molecule has 0 heterocycles. The first-order chi connectivity index (χ1) is 8.10. The van der Waals surface area contributed by atoms with Gasteiger partial charge in [-0.2, -0.15) is 0 Å². The molecule has 3 rings (SSSR count). The van der Waals surface area contributed by atoms with Gasteiger partial charge in [0.1, 0.15) is 0 Å². The molecule has 0 radical (unpaired) electrons. The van der Waals surface area contributed by atoms with Crippen molar-refractivity contribution in [2.45, 2.75) is 25.7 Å². The third-order valence-electron chi connectivity index (χ3n) is 3.81. The molecule has 0 saturated carbocycles. The van der Waals surface area contributed by atoms with Gasteiger partial charge in [0.2, 0.25) is 0 Å². The van der Waals surface area contributed by atoms with Crippen molar-refractivity contribution in [1.29, 1.82) is 0 Å². The highest BCUT2D eigenvalue weighted by Gasteiger charge is 2.36. The standard InChI is InChI=1S/C16H15Br/c1-16(2)14-9-4-3-7-12(14)13-8-5-6-11(17)10-15(13)16/h3-7,9-10H,8H2,1-2H3. The third kappa shape index (κ3) is 1.56. The Bertz CT molecular complexity index is 571. The highest BCUT2D eigenvalue weighted by atomic mass is 79.9. The lowest BCUT2D eigenvalue weighted by Gasteiger charge is -2.22. The van der Waals surface area contributed by atoms with Crippen LogP contribution in [-0.2, 0) is 5.41 Å². The summed E-state index contributed by atoms with van der Waals surface area (Å²) in [6.07, 6.45) is 7.69. The Balaban J connectivity index is 2.28. The van der Waals surface area contributed by atoms with E-state index >= 15 is 0 Å². The zero-order valence-electron chi connectivity index (χ0n) is 10.1. The van der Waals surface area contributed by atoms with Crippen LogP contribution in [0.25, 0.3) is 5.57 Å². The second-order valence-electron chi connectivity index (χ2n) is 5.20. The molecule has 0 amide bonds. The van der Waals surface area contributed by atoms with E-state index in [0.717, 1.165) is 6.42 Å². The lowest BCUT2D eigenvalue weighted by molar-refractivity contribution is 0.654. The molecule has 0 spiro atoms. The summed E-state index contributed by atoms with van der Waals surface area (Å²) in [6, 6.07) is 8.79. The number of rotatable bonds is 0. The Morgan fingerprint density at radius 2 is 1.94 bits per heavy atom. The van der Waals surface area contributed by atoms with Crippen LogP contribution in [0.15, 0.2) is 52.5 Å². The molecule has 17 heavy (non-hydrogen) atoms. The SMILES string of the molecule is CC1(C)C2=C(CC=CC(Br)=C2)c2ccccc21. The Labute approximate surface area is 111 Å². The van der Waals surface area contributed by atoms with Crippen molar-refractivity contribution in [1.82, 2.24) is 0 Å². The molecular weight excluding hydrogens is 272 g/mol. The summed E-state index contributed by atoms with van der Waals surface area (Å²) in [5, 5.41) is 0. The topological polar surface area (TPSA) is 0 Å². The van der Waals surface area contributed by atoms with Crippen LogP contribution in [0.4, 0.5) is 0 Å². The summed E-state index contributed by atoms with van der Waals surface area (Å²) in [7, 11) is 0. The molecule has 1 aromatic rings. The second-order valence-corrected chi connectivity index (χ2v) is 6.11. The predicted octanol–water partition coefficient (Wildman–Crippen LogP) is 4.97. The summed E-state index contributed by atoms with van der Waals surface area (Å²) in [5.74, 6) is 0. The fourth-order valence-electron chi connectivity index (χ4n) is 2.92. The molecule has 0 fully saturated rings. The van der Waals surface area contributed by atoms with E-state index in [9.17, 15) is 0 Å². The average Bonchev–Trinajstić information content (AvgIpc) is 2.45. The van der Waals surface area contributed by atoms with Gasteiger partial charge in [-0.3, -0.25) is 0 Å². The first-order valence-corrected chi connectivity index (χ1v) is 6.77. The fraction of sp³-hybridized carbons (Fsp3) is 0.250. The minimum Gasteiger partial charge on any atom is -0.0790 e. The largest absolute Gasteiger partial charge is 0.0790 e. The molecule has 86 valence electrons. The van der Waals surface area contributed by atoms with Crippen LogP contribution in [0.1, 0.15) is 31.4 Å². The second kappa shape index (κ2) is 3.71. The maximum atomic E-state index is 3.61. The molecule has 0 atom stereocenters. The zero-order chi connectivity index (χ0) is 12.0. The van der Waals surface area contributed by atoms with Gasteiger partial charge in [0.05, 0.1) is 0 Å². The average molecular weight is 287 g/mol. The number of fused-ring (bicyclic) bond motifs is 2. The number of benzene rings is 1. The molecule has 2 aliphatic rings. The van der Waals surface area contributed by atoms with Crippen molar-refractivity contribution >= 4 is 21.5 Å². The molecule has 0 nitrogen and oxygen atoms in total. The monoisotopic (exact) mass is 286 g/mol. The van der Waals surface area contributed by atoms with E-state index in [2.05, 4.69) is 72.3 Å². The van der Waals surface area contributed by atoms with Crippen molar-refractivity contribution in [3.8, 4) is 0 Å². The van der Waals surface area contributed by atoms with Gasteiger partial charge >= 0.3 is 0 Å². The van der Waals surface area contributed by atoms with Crippen molar-refractivity contribution in [2.75, 3.05) is 0 Å². The van der Waals surface area contributed by atoms with Crippen LogP contribution in [0, 0.1) is 0 Å². The lowest BCUT2D eigenvalue weighted by Crippen LogP contribution is -2.16. The van der Waals surface area contributed by atoms with Crippen LogP contribution in [0.3, 0.4) is 0 Å². The number of halogens is 1. The van der Waals surface area contributed by atoms with E-state index in [-0.39, 0.29) is 5.41 Å². The minimum atomic E-state index is 0.122. The summed E-state index contributed by atoms with van der Waals surface area (Å²) < 4.78 is 1.17. The van der Waals surface area contributed by atoms with Gasteiger partial charge in [0.15, 0.2) is 0 Å². The van der Waals surface area contributed by atoms with Gasteiger partial charge in [0, 0.05) is 9.90 Å². The van der Waals surface area contributed by atoms with E-state index in [0.29, 0.717) is 0 Å². The van der Waals surface area contributed by atoms with Crippen molar-refractivity contribution in [2.24, 2.45) is 0 Å². The van der Waals surface area contributed by atoms with E-state index in [1.807, 2.05) is 0 Å². The highest BCUT2D eigenvalue weighted by Crippen LogP contribution is 2.49. The molecule has 0 saturated heterocycles. The molecule has 0 unspecified atom stereocenters. The van der Waals surface area contributed by atoms with Crippen LogP contribution in [0.2, 0.25) is 0 Å². The third-order valence-corrected chi connectivity index (χ3v) is 4.30. The summed E-state index contributed by atoms with van der Waals surface area (Å²) >= 11 is 3.61. The maximum Gasteiger partial charge on any atom is 0.0175 e. The summed E-state index contributed by atoms with van der Waals surface area (Å²) in [5.41, 5.74) is 5.94. The fourth-order valence-corrected chi connectivity index (χ4v) is 3.34. The van der Waals surface area contributed by atoms with E-state index < -0.39 is 0 Å². The normalized spacial score (nSPS) is 20.8. The van der Waals surface area contributed by atoms with Gasteiger partial charge in [-0.15, -0.1) is 0 Å². The number of allylic oxidation sites excluding steroid dienone is 6. The lowest BCUT2D eigenvalue weighted by atomic mass is 9.81. The Kier molecular flexibility index (Phi) is 2.41. The molecule has 0 aliphatic heterocycles. The molecule has 0 bridgehead atoms. The molecule has 1 aromatic carbocycles. The molecule has 1 heteroatoms. The Morgan fingerprint density at radius 1 is 1.18 bits per heavy atom. The highest BCUT2D eigenvalue weighted by molar-refractivity contribution is 9.11. The van der Waals surface area contributed by atoms with E-state index in [1.54, 1.807) is 0 Å². The van der Waals surface area contributed by atoms with Gasteiger partial charge in [-0.05, 0) is 34.8 Å². The smallest absolute Gasteiger partial charge is 0.0175 e. The minimum absolute atomic E-state index is 0.122.